The van der Waals surface area contributed by atoms with Gasteiger partial charge in [0, 0.05) is 24.0 Å². The van der Waals surface area contributed by atoms with Crippen molar-refractivity contribution < 1.29 is 0 Å². The maximum Gasteiger partial charge on any atom is 0.0377 e. The Bertz CT molecular complexity index is 254. The fraction of sp³-hybridized carbons (Fsp3) is 0.636. The summed E-state index contributed by atoms with van der Waals surface area (Å²) in [6, 6.07) is 4.94. The van der Waals surface area contributed by atoms with Crippen molar-refractivity contribution >= 4 is 0 Å². The van der Waals surface area contributed by atoms with Crippen molar-refractivity contribution in [3.8, 4) is 0 Å². The second kappa shape index (κ2) is 3.97. The van der Waals surface area contributed by atoms with Gasteiger partial charge in [0.15, 0.2) is 0 Å². The third-order valence-electron chi connectivity index (χ3n) is 2.75. The van der Waals surface area contributed by atoms with E-state index in [0.29, 0.717) is 6.04 Å². The third-order valence-corrected chi connectivity index (χ3v) is 2.75. The predicted molar refractivity (Wildman–Crippen MR) is 57.1 cm³/mol. The van der Waals surface area contributed by atoms with Gasteiger partial charge in [0.2, 0.25) is 0 Å². The number of hydrogen-bond donors (Lipinski definition) is 0. The molecule has 0 radical (unpaired) electrons. The molecule has 13 heavy (non-hydrogen) atoms. The molecule has 2 nitrogen and oxygen atoms in total. The highest BCUT2D eigenvalue weighted by Crippen LogP contribution is 2.09. The summed E-state index contributed by atoms with van der Waals surface area (Å²) in [6.07, 6.45) is 0. The van der Waals surface area contributed by atoms with Crippen LogP contribution in [0.2, 0.25) is 0 Å². The Morgan fingerprint density at radius 3 is 2.08 bits per heavy atom. The predicted octanol–water partition coefficient (Wildman–Crippen LogP) is 2.06. The minimum atomic E-state index is 0.588. The van der Waals surface area contributed by atoms with E-state index in [0.717, 1.165) is 6.54 Å². The van der Waals surface area contributed by atoms with Crippen LogP contribution in [0.25, 0.3) is 0 Å². The molecule has 0 bridgehead atoms. The average molecular weight is 180 g/mol. The lowest BCUT2D eigenvalue weighted by molar-refractivity contribution is 0.281. The lowest BCUT2D eigenvalue weighted by atomic mass is 10.3. The molecule has 74 valence electrons. The summed E-state index contributed by atoms with van der Waals surface area (Å²) in [7, 11) is 4.25. The molecule has 1 aromatic rings. The van der Waals surface area contributed by atoms with E-state index >= 15 is 0 Å². The van der Waals surface area contributed by atoms with E-state index in [4.69, 9.17) is 0 Å². The van der Waals surface area contributed by atoms with Crippen LogP contribution in [-0.2, 0) is 6.54 Å². The zero-order valence-corrected chi connectivity index (χ0v) is 9.33. The van der Waals surface area contributed by atoms with Crippen molar-refractivity contribution in [2.75, 3.05) is 14.1 Å². The molecule has 0 amide bonds. The highest BCUT2D eigenvalue weighted by atomic mass is 15.1. The van der Waals surface area contributed by atoms with E-state index < -0.39 is 0 Å². The molecule has 0 aliphatic carbocycles. The van der Waals surface area contributed by atoms with E-state index in [9.17, 15) is 0 Å². The van der Waals surface area contributed by atoms with E-state index in [1.54, 1.807) is 0 Å². The molecule has 1 aromatic heterocycles. The summed E-state index contributed by atoms with van der Waals surface area (Å²) >= 11 is 0. The van der Waals surface area contributed by atoms with Crippen molar-refractivity contribution in [1.82, 2.24) is 9.47 Å². The summed E-state index contributed by atoms with van der Waals surface area (Å²) in [5, 5.41) is 0. The number of aryl methyl sites for hydroxylation is 2. The maximum atomic E-state index is 2.37. The molecule has 0 aliphatic heterocycles. The van der Waals surface area contributed by atoms with Crippen molar-refractivity contribution in [3.05, 3.63) is 23.5 Å². The lowest BCUT2D eigenvalue weighted by Gasteiger charge is -2.22. The minimum absolute atomic E-state index is 0.588. The molecule has 2 heteroatoms. The molecule has 0 fully saturated rings. The van der Waals surface area contributed by atoms with Crippen molar-refractivity contribution in [2.45, 2.75) is 33.4 Å². The average Bonchev–Trinajstić information content (AvgIpc) is 2.35. The van der Waals surface area contributed by atoms with Crippen LogP contribution >= 0.6 is 0 Å². The SMILES string of the molecule is Cc1ccc(C)n1CC(C)N(C)C. The van der Waals surface area contributed by atoms with Crippen molar-refractivity contribution in [2.24, 2.45) is 0 Å². The van der Waals surface area contributed by atoms with Crippen LogP contribution in [0.4, 0.5) is 0 Å². The van der Waals surface area contributed by atoms with Gasteiger partial charge in [-0.1, -0.05) is 0 Å². The third kappa shape index (κ3) is 2.34. The summed E-state index contributed by atoms with van der Waals surface area (Å²) < 4.78 is 2.37. The second-order valence-corrected chi connectivity index (χ2v) is 4.04. The number of nitrogens with zero attached hydrogens (tertiary/aromatic N) is 2. The zero-order chi connectivity index (χ0) is 10.0. The minimum Gasteiger partial charge on any atom is -0.348 e. The Morgan fingerprint density at radius 2 is 1.69 bits per heavy atom. The highest BCUT2D eigenvalue weighted by Gasteiger charge is 2.07. The lowest BCUT2D eigenvalue weighted by Crippen LogP contribution is -2.29. The van der Waals surface area contributed by atoms with Crippen molar-refractivity contribution in [1.29, 1.82) is 0 Å². The number of rotatable bonds is 3. The van der Waals surface area contributed by atoms with Gasteiger partial charge in [-0.3, -0.25) is 0 Å². The van der Waals surface area contributed by atoms with Gasteiger partial charge in [0.25, 0.3) is 0 Å². The smallest absolute Gasteiger partial charge is 0.0377 e. The van der Waals surface area contributed by atoms with Crippen LogP contribution in [0, 0.1) is 13.8 Å². The zero-order valence-electron chi connectivity index (χ0n) is 9.33. The molecule has 0 aromatic carbocycles. The van der Waals surface area contributed by atoms with Crippen LogP contribution < -0.4 is 0 Å². The number of aromatic nitrogens is 1. The van der Waals surface area contributed by atoms with Gasteiger partial charge >= 0.3 is 0 Å². The van der Waals surface area contributed by atoms with Gasteiger partial charge < -0.3 is 9.47 Å². The molecule has 1 heterocycles. The first-order chi connectivity index (χ1) is 6.02. The molecule has 0 N–H and O–H groups in total. The van der Waals surface area contributed by atoms with Gasteiger partial charge in [-0.05, 0) is 47.0 Å². The van der Waals surface area contributed by atoms with Crippen LogP contribution in [0.5, 0.6) is 0 Å². The Labute approximate surface area is 81.2 Å². The number of likely N-dealkylation sites (N-methyl/N-ethyl adjacent to an activating group) is 1. The monoisotopic (exact) mass is 180 g/mol. The molecule has 1 atom stereocenters. The first-order valence-corrected chi connectivity index (χ1v) is 4.81. The van der Waals surface area contributed by atoms with E-state index in [2.05, 4.69) is 56.5 Å². The molecule has 0 aliphatic rings. The first kappa shape index (κ1) is 10.3. The Hall–Kier alpha value is -0.760. The summed E-state index contributed by atoms with van der Waals surface area (Å²) in [6.45, 7) is 7.65. The van der Waals surface area contributed by atoms with E-state index in [-0.39, 0.29) is 0 Å². The van der Waals surface area contributed by atoms with E-state index in [1.807, 2.05) is 0 Å². The Morgan fingerprint density at radius 1 is 1.23 bits per heavy atom. The fourth-order valence-corrected chi connectivity index (χ4v) is 1.41. The molecule has 1 rings (SSSR count). The number of hydrogen-bond acceptors (Lipinski definition) is 1. The molecule has 1 unspecified atom stereocenters. The molecular weight excluding hydrogens is 160 g/mol. The van der Waals surface area contributed by atoms with Gasteiger partial charge in [-0.2, -0.15) is 0 Å². The van der Waals surface area contributed by atoms with Gasteiger partial charge in [-0.15, -0.1) is 0 Å². The van der Waals surface area contributed by atoms with Crippen LogP contribution in [0.3, 0.4) is 0 Å². The normalized spacial score (nSPS) is 13.7. The van der Waals surface area contributed by atoms with Gasteiger partial charge in [0.05, 0.1) is 0 Å². The van der Waals surface area contributed by atoms with Crippen molar-refractivity contribution in [3.63, 3.8) is 0 Å². The summed E-state index contributed by atoms with van der Waals surface area (Å²) in [5.74, 6) is 0. The molecule has 0 spiro atoms. The fourth-order valence-electron chi connectivity index (χ4n) is 1.41. The van der Waals surface area contributed by atoms with Crippen LogP contribution in [-0.4, -0.2) is 29.6 Å². The van der Waals surface area contributed by atoms with Gasteiger partial charge in [-0.25, -0.2) is 0 Å². The summed E-state index contributed by atoms with van der Waals surface area (Å²) in [5.41, 5.74) is 2.71. The quantitative estimate of drug-likeness (QED) is 0.691. The van der Waals surface area contributed by atoms with Crippen LogP contribution in [0.15, 0.2) is 12.1 Å². The first-order valence-electron chi connectivity index (χ1n) is 4.81. The second-order valence-electron chi connectivity index (χ2n) is 4.04. The Kier molecular flexibility index (Phi) is 3.15. The van der Waals surface area contributed by atoms with Gasteiger partial charge in [0.1, 0.15) is 0 Å². The molecular formula is C11H20N2. The summed E-state index contributed by atoms with van der Waals surface area (Å²) in [4.78, 5) is 2.25. The topological polar surface area (TPSA) is 8.17 Å². The standard InChI is InChI=1S/C11H20N2/c1-9-6-7-10(2)13(9)8-11(3)12(4)5/h6-7,11H,8H2,1-5H3. The van der Waals surface area contributed by atoms with E-state index in [1.165, 1.54) is 11.4 Å². The molecule has 0 saturated heterocycles. The Balaban J connectivity index is 2.73. The largest absolute Gasteiger partial charge is 0.348 e. The van der Waals surface area contributed by atoms with Crippen LogP contribution in [0.1, 0.15) is 18.3 Å². The maximum absolute atomic E-state index is 2.37. The molecule has 0 saturated carbocycles. The highest BCUT2D eigenvalue weighted by molar-refractivity contribution is 5.13.